The quantitative estimate of drug-likeness (QED) is 0.381. The van der Waals surface area contributed by atoms with Gasteiger partial charge in [-0.25, -0.2) is 4.68 Å². The number of thioether (sulfide) groups is 1. The number of nitrogens with zero attached hydrogens (tertiary/aromatic N) is 2. The third-order valence-electron chi connectivity index (χ3n) is 5.53. The van der Waals surface area contributed by atoms with Crippen LogP contribution in [-0.4, -0.2) is 28.0 Å². The maximum Gasteiger partial charge on any atom is 0.235 e. The van der Waals surface area contributed by atoms with Crippen LogP contribution in [0.4, 0.5) is 5.82 Å². The lowest BCUT2D eigenvalue weighted by molar-refractivity contribution is -0.113. The Balaban J connectivity index is 1.68. The van der Waals surface area contributed by atoms with Gasteiger partial charge in [0.2, 0.25) is 5.91 Å². The number of nitrogens with one attached hydrogen (secondary N) is 1. The van der Waals surface area contributed by atoms with Gasteiger partial charge in [-0.15, -0.1) is 11.8 Å². The SMILES string of the molecule is CCCOc1ccc(C2SCC(=O)Nc3c2c(-c2ccccc2)nn3-c2ccccc2)cc1. The molecule has 4 aromatic rings. The van der Waals surface area contributed by atoms with Crippen LogP contribution in [-0.2, 0) is 4.79 Å². The predicted molar refractivity (Wildman–Crippen MR) is 134 cm³/mol. The normalized spacial score (nSPS) is 15.4. The molecule has 33 heavy (non-hydrogen) atoms. The van der Waals surface area contributed by atoms with Crippen LogP contribution in [0.1, 0.15) is 29.7 Å². The molecule has 6 heteroatoms. The van der Waals surface area contributed by atoms with Crippen molar-refractivity contribution in [2.45, 2.75) is 18.6 Å². The highest BCUT2D eigenvalue weighted by Crippen LogP contribution is 2.47. The zero-order valence-electron chi connectivity index (χ0n) is 18.4. The van der Waals surface area contributed by atoms with Crippen molar-refractivity contribution in [3.63, 3.8) is 0 Å². The van der Waals surface area contributed by atoms with E-state index in [-0.39, 0.29) is 11.2 Å². The van der Waals surface area contributed by atoms with Crippen LogP contribution in [0.2, 0.25) is 0 Å². The van der Waals surface area contributed by atoms with Crippen molar-refractivity contribution in [3.8, 4) is 22.7 Å². The third kappa shape index (κ3) is 4.39. The second-order valence-electron chi connectivity index (χ2n) is 7.88. The topological polar surface area (TPSA) is 56.1 Å². The summed E-state index contributed by atoms with van der Waals surface area (Å²) in [6, 6.07) is 28.3. The number of benzene rings is 3. The van der Waals surface area contributed by atoms with E-state index in [1.165, 1.54) is 0 Å². The summed E-state index contributed by atoms with van der Waals surface area (Å²) in [5, 5.41) is 8.09. The number of rotatable bonds is 6. The molecule has 1 atom stereocenters. The second-order valence-corrected chi connectivity index (χ2v) is 8.97. The lowest BCUT2D eigenvalue weighted by Gasteiger charge is -2.17. The van der Waals surface area contributed by atoms with Crippen LogP contribution in [0.15, 0.2) is 84.9 Å². The highest BCUT2D eigenvalue weighted by molar-refractivity contribution is 8.00. The van der Waals surface area contributed by atoms with E-state index in [0.29, 0.717) is 12.4 Å². The molecular formula is C27H25N3O2S. The molecule has 1 aliphatic heterocycles. The zero-order valence-corrected chi connectivity index (χ0v) is 19.2. The zero-order chi connectivity index (χ0) is 22.6. The Bertz CT molecular complexity index is 1240. The predicted octanol–water partition coefficient (Wildman–Crippen LogP) is 6.10. The van der Waals surface area contributed by atoms with Gasteiger partial charge in [-0.3, -0.25) is 4.79 Å². The lowest BCUT2D eigenvalue weighted by atomic mass is 10.00. The Morgan fingerprint density at radius 1 is 1.00 bits per heavy atom. The number of amides is 1. The molecule has 0 bridgehead atoms. The van der Waals surface area contributed by atoms with Crippen molar-refractivity contribution >= 4 is 23.5 Å². The molecule has 3 aromatic carbocycles. The summed E-state index contributed by atoms with van der Waals surface area (Å²) < 4.78 is 7.63. The number of aromatic nitrogens is 2. The van der Waals surface area contributed by atoms with Crippen LogP contribution >= 0.6 is 11.8 Å². The summed E-state index contributed by atoms with van der Waals surface area (Å²) in [5.74, 6) is 1.93. The fourth-order valence-electron chi connectivity index (χ4n) is 4.00. The van der Waals surface area contributed by atoms with E-state index in [0.717, 1.165) is 46.1 Å². The van der Waals surface area contributed by atoms with Gasteiger partial charge in [-0.2, -0.15) is 5.10 Å². The summed E-state index contributed by atoms with van der Waals surface area (Å²) in [6.07, 6.45) is 0.969. The minimum atomic E-state index is -0.0492. The van der Waals surface area contributed by atoms with Gasteiger partial charge < -0.3 is 10.1 Å². The van der Waals surface area contributed by atoms with E-state index >= 15 is 0 Å². The van der Waals surface area contributed by atoms with Crippen LogP contribution < -0.4 is 10.1 Å². The van der Waals surface area contributed by atoms with E-state index in [9.17, 15) is 4.79 Å². The summed E-state index contributed by atoms with van der Waals surface area (Å²) in [4.78, 5) is 12.7. The second kappa shape index (κ2) is 9.55. The number of hydrogen-bond acceptors (Lipinski definition) is 4. The summed E-state index contributed by atoms with van der Waals surface area (Å²) in [7, 11) is 0. The standard InChI is InChI=1S/C27H25N3O2S/c1-2-17-32-22-15-13-20(14-16-22)26-24-25(19-9-5-3-6-10-19)29-30(21-11-7-4-8-12-21)27(24)28-23(31)18-33-26/h3-16,26H,2,17-18H2,1H3,(H,28,31). The van der Waals surface area contributed by atoms with Crippen molar-refractivity contribution < 1.29 is 9.53 Å². The summed E-state index contributed by atoms with van der Waals surface area (Å²) in [5.41, 5.74) is 4.94. The molecular weight excluding hydrogens is 430 g/mol. The van der Waals surface area contributed by atoms with E-state index < -0.39 is 0 Å². The van der Waals surface area contributed by atoms with Gasteiger partial charge in [0.05, 0.1) is 29.0 Å². The van der Waals surface area contributed by atoms with Crippen LogP contribution in [0.5, 0.6) is 5.75 Å². The maximum absolute atomic E-state index is 12.7. The van der Waals surface area contributed by atoms with Crippen molar-refractivity contribution in [2.75, 3.05) is 17.7 Å². The van der Waals surface area contributed by atoms with Gasteiger partial charge in [0.15, 0.2) is 0 Å². The fraction of sp³-hybridized carbons (Fsp3) is 0.185. The molecule has 0 aliphatic carbocycles. The van der Waals surface area contributed by atoms with Gasteiger partial charge in [0.1, 0.15) is 11.6 Å². The Hall–Kier alpha value is -3.51. The van der Waals surface area contributed by atoms with Crippen LogP contribution in [0, 0.1) is 0 Å². The monoisotopic (exact) mass is 455 g/mol. The van der Waals surface area contributed by atoms with Crippen LogP contribution in [0.3, 0.4) is 0 Å². The first-order valence-corrected chi connectivity index (χ1v) is 12.2. The number of para-hydroxylation sites is 1. The first kappa shape index (κ1) is 21.3. The third-order valence-corrected chi connectivity index (χ3v) is 6.80. The molecule has 0 saturated carbocycles. The number of ether oxygens (including phenoxy) is 1. The Morgan fingerprint density at radius 2 is 1.70 bits per heavy atom. The van der Waals surface area contributed by atoms with E-state index in [4.69, 9.17) is 9.84 Å². The van der Waals surface area contributed by atoms with E-state index in [1.54, 1.807) is 11.8 Å². The highest BCUT2D eigenvalue weighted by Gasteiger charge is 2.32. The molecule has 0 radical (unpaired) electrons. The maximum atomic E-state index is 12.7. The molecule has 0 spiro atoms. The van der Waals surface area contributed by atoms with E-state index in [2.05, 4.69) is 36.5 Å². The number of carbonyl (C=O) groups excluding carboxylic acids is 1. The van der Waals surface area contributed by atoms with Crippen molar-refractivity contribution in [1.82, 2.24) is 9.78 Å². The molecule has 1 unspecified atom stereocenters. The average Bonchev–Trinajstić information content (AvgIpc) is 3.14. The molecule has 0 saturated heterocycles. The number of carbonyl (C=O) groups is 1. The number of fused-ring (bicyclic) bond motifs is 1. The first-order valence-electron chi connectivity index (χ1n) is 11.1. The number of hydrogen-bond donors (Lipinski definition) is 1. The molecule has 0 fully saturated rings. The molecule has 5 rings (SSSR count). The van der Waals surface area contributed by atoms with Gasteiger partial charge >= 0.3 is 0 Å². The average molecular weight is 456 g/mol. The van der Waals surface area contributed by atoms with E-state index in [1.807, 2.05) is 65.3 Å². The van der Waals surface area contributed by atoms with Crippen molar-refractivity contribution in [2.24, 2.45) is 0 Å². The number of anilines is 1. The molecule has 1 amide bonds. The Kier molecular flexibility index (Phi) is 6.17. The smallest absolute Gasteiger partial charge is 0.235 e. The molecule has 1 aromatic heterocycles. The van der Waals surface area contributed by atoms with Gasteiger partial charge in [0, 0.05) is 11.1 Å². The Morgan fingerprint density at radius 3 is 2.39 bits per heavy atom. The summed E-state index contributed by atoms with van der Waals surface area (Å²) >= 11 is 1.62. The molecule has 1 N–H and O–H groups in total. The highest BCUT2D eigenvalue weighted by atomic mass is 32.2. The molecule has 2 heterocycles. The van der Waals surface area contributed by atoms with Crippen molar-refractivity contribution in [3.05, 3.63) is 96.1 Å². The van der Waals surface area contributed by atoms with Crippen molar-refractivity contribution in [1.29, 1.82) is 0 Å². The molecule has 166 valence electrons. The van der Waals surface area contributed by atoms with Gasteiger partial charge in [-0.1, -0.05) is 67.6 Å². The minimum Gasteiger partial charge on any atom is -0.494 e. The van der Waals surface area contributed by atoms with Crippen LogP contribution in [0.25, 0.3) is 16.9 Å². The molecule has 5 nitrogen and oxygen atoms in total. The van der Waals surface area contributed by atoms with Gasteiger partial charge in [0.25, 0.3) is 0 Å². The first-order chi connectivity index (χ1) is 16.2. The Labute approximate surface area is 197 Å². The lowest BCUT2D eigenvalue weighted by Crippen LogP contribution is -2.15. The largest absolute Gasteiger partial charge is 0.494 e. The molecule has 1 aliphatic rings. The minimum absolute atomic E-state index is 0.0247. The fourth-order valence-corrected chi connectivity index (χ4v) is 5.13. The van der Waals surface area contributed by atoms with Gasteiger partial charge in [-0.05, 0) is 36.2 Å². The summed E-state index contributed by atoms with van der Waals surface area (Å²) in [6.45, 7) is 2.79.